The van der Waals surface area contributed by atoms with Gasteiger partial charge >= 0.3 is 0 Å². The Balaban J connectivity index is 1.59. The van der Waals surface area contributed by atoms with Crippen molar-refractivity contribution in [1.82, 2.24) is 9.80 Å². The van der Waals surface area contributed by atoms with Crippen LogP contribution in [0.4, 0.5) is 0 Å². The summed E-state index contributed by atoms with van der Waals surface area (Å²) in [5.74, 6) is -0.0791. The van der Waals surface area contributed by atoms with E-state index in [2.05, 4.69) is 51.3 Å². The van der Waals surface area contributed by atoms with Crippen molar-refractivity contribution in [1.29, 1.82) is 0 Å². The Morgan fingerprint density at radius 3 is 2.40 bits per heavy atom. The zero-order valence-corrected chi connectivity index (χ0v) is 22.3. The van der Waals surface area contributed by atoms with Crippen LogP contribution in [0.3, 0.4) is 0 Å². The fourth-order valence-electron chi connectivity index (χ4n) is 4.89. The first-order chi connectivity index (χ1) is 16.7. The molecule has 35 heavy (non-hydrogen) atoms. The molecule has 0 saturated heterocycles. The zero-order valence-electron chi connectivity index (χ0n) is 21.5. The molecule has 4 nitrogen and oxygen atoms in total. The number of carbonyl (C=O) groups excluding carboxylic acids is 2. The Kier molecular flexibility index (Phi) is 7.46. The summed E-state index contributed by atoms with van der Waals surface area (Å²) in [4.78, 5) is 32.2. The molecule has 1 unspecified atom stereocenters. The van der Waals surface area contributed by atoms with Gasteiger partial charge in [-0.3, -0.25) is 9.59 Å². The first kappa shape index (κ1) is 25.2. The molecule has 1 aromatic heterocycles. The molecular formula is C30H36N2O2S. The highest BCUT2D eigenvalue weighted by Crippen LogP contribution is 2.39. The average molecular weight is 489 g/mol. The molecule has 4 rings (SSSR count). The number of carbonyl (C=O) groups is 2. The van der Waals surface area contributed by atoms with Gasteiger partial charge in [0.1, 0.15) is 6.54 Å². The van der Waals surface area contributed by atoms with Crippen molar-refractivity contribution in [3.05, 3.63) is 92.7 Å². The Morgan fingerprint density at radius 2 is 1.74 bits per heavy atom. The van der Waals surface area contributed by atoms with Crippen LogP contribution in [-0.4, -0.2) is 41.2 Å². The van der Waals surface area contributed by atoms with E-state index in [0.29, 0.717) is 18.7 Å². The number of amides is 2. The van der Waals surface area contributed by atoms with Crippen molar-refractivity contribution in [3.63, 3.8) is 0 Å². The molecule has 0 radical (unpaired) electrons. The molecule has 0 fully saturated rings. The first-order valence-corrected chi connectivity index (χ1v) is 13.4. The van der Waals surface area contributed by atoms with Crippen LogP contribution in [0.25, 0.3) is 0 Å². The minimum absolute atomic E-state index is 0.00298. The zero-order chi connectivity index (χ0) is 25.2. The molecule has 0 bridgehead atoms. The van der Waals surface area contributed by atoms with Gasteiger partial charge in [-0.1, -0.05) is 64.1 Å². The van der Waals surface area contributed by atoms with E-state index >= 15 is 0 Å². The largest absolute Gasteiger partial charge is 0.330 e. The molecule has 1 aliphatic rings. The minimum atomic E-state index is -0.108. The summed E-state index contributed by atoms with van der Waals surface area (Å²) < 4.78 is 0. The van der Waals surface area contributed by atoms with Crippen LogP contribution >= 0.6 is 11.3 Å². The number of hydrogen-bond donors (Lipinski definition) is 0. The second-order valence-electron chi connectivity index (χ2n) is 10.4. The molecule has 1 aliphatic heterocycles. The SMILES string of the molecule is CCCN(CC(=O)N1CCc2sccc2C1c1ccccc1C)C(=O)c1ccc(C(C)(C)C)cc1. The monoisotopic (exact) mass is 488 g/mol. The fourth-order valence-corrected chi connectivity index (χ4v) is 5.79. The predicted molar refractivity (Wildman–Crippen MR) is 144 cm³/mol. The first-order valence-electron chi connectivity index (χ1n) is 12.5. The molecule has 0 saturated carbocycles. The van der Waals surface area contributed by atoms with Gasteiger partial charge in [0.05, 0.1) is 6.04 Å². The summed E-state index contributed by atoms with van der Waals surface area (Å²) in [7, 11) is 0. The van der Waals surface area contributed by atoms with E-state index in [0.717, 1.165) is 18.4 Å². The highest BCUT2D eigenvalue weighted by atomic mass is 32.1. The van der Waals surface area contributed by atoms with Crippen LogP contribution in [0.5, 0.6) is 0 Å². The third-order valence-electron chi connectivity index (χ3n) is 6.87. The van der Waals surface area contributed by atoms with Crippen molar-refractivity contribution < 1.29 is 9.59 Å². The normalized spacial score (nSPS) is 15.6. The Bertz CT molecular complexity index is 1190. The number of hydrogen-bond acceptors (Lipinski definition) is 3. The summed E-state index contributed by atoms with van der Waals surface area (Å²) in [6, 6.07) is 18.2. The number of thiophene rings is 1. The standard InChI is InChI=1S/C30H36N2O2S/c1-6-17-31(29(34)22-11-13-23(14-12-22)30(3,4)5)20-27(33)32-18-15-26-25(16-19-35-26)28(32)24-10-8-7-9-21(24)2/h7-14,16,19,28H,6,15,17-18,20H2,1-5H3. The van der Waals surface area contributed by atoms with Gasteiger partial charge in [0, 0.05) is 23.5 Å². The summed E-state index contributed by atoms with van der Waals surface area (Å²) in [5.41, 5.74) is 5.40. The lowest BCUT2D eigenvalue weighted by atomic mass is 9.86. The van der Waals surface area contributed by atoms with Crippen LogP contribution in [0, 0.1) is 6.92 Å². The van der Waals surface area contributed by atoms with Crippen molar-refractivity contribution in [2.24, 2.45) is 0 Å². The highest BCUT2D eigenvalue weighted by Gasteiger charge is 2.34. The molecule has 0 N–H and O–H groups in total. The van der Waals surface area contributed by atoms with Crippen LogP contribution in [0.15, 0.2) is 60.0 Å². The van der Waals surface area contributed by atoms with E-state index < -0.39 is 0 Å². The van der Waals surface area contributed by atoms with Crippen molar-refractivity contribution in [2.45, 2.75) is 58.9 Å². The van der Waals surface area contributed by atoms with Crippen molar-refractivity contribution in [2.75, 3.05) is 19.6 Å². The van der Waals surface area contributed by atoms with Gasteiger partial charge in [0.25, 0.3) is 5.91 Å². The van der Waals surface area contributed by atoms with Gasteiger partial charge < -0.3 is 9.80 Å². The molecule has 5 heteroatoms. The van der Waals surface area contributed by atoms with Crippen LogP contribution in [0.2, 0.25) is 0 Å². The van der Waals surface area contributed by atoms with E-state index in [4.69, 9.17) is 0 Å². The summed E-state index contributed by atoms with van der Waals surface area (Å²) in [6.45, 7) is 11.9. The van der Waals surface area contributed by atoms with Gasteiger partial charge in [0.2, 0.25) is 5.91 Å². The number of rotatable bonds is 6. The fraction of sp³-hybridized carbons (Fsp3) is 0.400. The highest BCUT2D eigenvalue weighted by molar-refractivity contribution is 7.10. The molecule has 0 aliphatic carbocycles. The molecule has 1 atom stereocenters. The average Bonchev–Trinajstić information content (AvgIpc) is 3.32. The van der Waals surface area contributed by atoms with E-state index in [1.54, 1.807) is 16.2 Å². The van der Waals surface area contributed by atoms with Gasteiger partial charge in [-0.05, 0) is 71.0 Å². The molecule has 3 aromatic rings. The summed E-state index contributed by atoms with van der Waals surface area (Å²) in [5, 5.41) is 2.12. The van der Waals surface area contributed by atoms with Gasteiger partial charge in [-0.25, -0.2) is 0 Å². The molecular weight excluding hydrogens is 452 g/mol. The smallest absolute Gasteiger partial charge is 0.254 e. The number of benzene rings is 2. The Labute approximate surface area is 213 Å². The number of nitrogens with zero attached hydrogens (tertiary/aromatic N) is 2. The van der Waals surface area contributed by atoms with E-state index in [-0.39, 0.29) is 29.8 Å². The van der Waals surface area contributed by atoms with Gasteiger partial charge in [-0.15, -0.1) is 11.3 Å². The van der Waals surface area contributed by atoms with Gasteiger partial charge in [0.15, 0.2) is 0 Å². The third kappa shape index (κ3) is 5.35. The molecule has 2 amide bonds. The maximum absolute atomic E-state index is 13.8. The summed E-state index contributed by atoms with van der Waals surface area (Å²) >= 11 is 1.77. The maximum Gasteiger partial charge on any atom is 0.254 e. The van der Waals surface area contributed by atoms with Crippen molar-refractivity contribution in [3.8, 4) is 0 Å². The van der Waals surface area contributed by atoms with E-state index in [1.165, 1.54) is 21.6 Å². The molecule has 184 valence electrons. The third-order valence-corrected chi connectivity index (χ3v) is 7.87. The van der Waals surface area contributed by atoms with E-state index in [9.17, 15) is 9.59 Å². The number of aryl methyl sites for hydroxylation is 1. The second kappa shape index (κ2) is 10.4. The minimum Gasteiger partial charge on any atom is -0.330 e. The second-order valence-corrected chi connectivity index (χ2v) is 11.5. The molecule has 2 aromatic carbocycles. The van der Waals surface area contributed by atoms with Crippen molar-refractivity contribution >= 4 is 23.2 Å². The quantitative estimate of drug-likeness (QED) is 0.404. The molecule has 2 heterocycles. The van der Waals surface area contributed by atoms with Crippen LogP contribution in [-0.2, 0) is 16.6 Å². The number of fused-ring (bicyclic) bond motifs is 1. The summed E-state index contributed by atoms with van der Waals surface area (Å²) in [6.07, 6.45) is 1.66. The Hall–Kier alpha value is -2.92. The Morgan fingerprint density at radius 1 is 1.03 bits per heavy atom. The molecule has 0 spiro atoms. The topological polar surface area (TPSA) is 40.6 Å². The lowest BCUT2D eigenvalue weighted by Crippen LogP contribution is -2.47. The maximum atomic E-state index is 13.8. The van der Waals surface area contributed by atoms with Gasteiger partial charge in [-0.2, -0.15) is 0 Å². The lowest BCUT2D eigenvalue weighted by Gasteiger charge is -2.38. The van der Waals surface area contributed by atoms with Crippen LogP contribution < -0.4 is 0 Å². The predicted octanol–water partition coefficient (Wildman–Crippen LogP) is 6.38. The van der Waals surface area contributed by atoms with E-state index in [1.807, 2.05) is 48.2 Å². The van der Waals surface area contributed by atoms with Crippen LogP contribution in [0.1, 0.15) is 77.6 Å². The lowest BCUT2D eigenvalue weighted by molar-refractivity contribution is -0.134.